The number of aliphatic hydroxyl groups excluding tert-OH is 1. The van der Waals surface area contributed by atoms with E-state index in [1.165, 1.54) is 18.4 Å². The number of benzene rings is 1. The molecule has 2 N–H and O–H groups in total. The molecule has 0 amide bonds. The first-order chi connectivity index (χ1) is 9.63. The van der Waals surface area contributed by atoms with Gasteiger partial charge in [0.15, 0.2) is 0 Å². The fourth-order valence-corrected chi connectivity index (χ4v) is 3.26. The molecule has 1 aliphatic rings. The fraction of sp³-hybridized carbons (Fsp3) is 0.625. The van der Waals surface area contributed by atoms with Gasteiger partial charge < -0.3 is 15.3 Å². The van der Waals surface area contributed by atoms with E-state index >= 15 is 0 Å². The molecular weight excluding hydrogens is 316 g/mol. The van der Waals surface area contributed by atoms with Gasteiger partial charge in [-0.3, -0.25) is 0 Å². The van der Waals surface area contributed by atoms with E-state index in [0.29, 0.717) is 0 Å². The SMILES string of the molecule is C[C@H](O)CN1CCC(CNCc2cccc(Br)c2)CC1. The predicted molar refractivity (Wildman–Crippen MR) is 86.7 cm³/mol. The van der Waals surface area contributed by atoms with Gasteiger partial charge in [-0.2, -0.15) is 0 Å². The van der Waals surface area contributed by atoms with Gasteiger partial charge in [-0.05, 0) is 63.0 Å². The number of likely N-dealkylation sites (tertiary alicyclic amines) is 1. The van der Waals surface area contributed by atoms with Gasteiger partial charge in [0, 0.05) is 17.6 Å². The minimum Gasteiger partial charge on any atom is -0.392 e. The molecule has 1 fully saturated rings. The van der Waals surface area contributed by atoms with Crippen LogP contribution in [-0.4, -0.2) is 42.3 Å². The fourth-order valence-electron chi connectivity index (χ4n) is 2.81. The Bertz CT molecular complexity index is 403. The molecule has 0 radical (unpaired) electrons. The molecule has 0 spiro atoms. The summed E-state index contributed by atoms with van der Waals surface area (Å²) in [4.78, 5) is 2.37. The lowest BCUT2D eigenvalue weighted by Gasteiger charge is -2.32. The number of nitrogens with one attached hydrogen (secondary N) is 1. The summed E-state index contributed by atoms with van der Waals surface area (Å²) in [6.07, 6.45) is 2.26. The number of piperidine rings is 1. The molecule has 0 saturated carbocycles. The van der Waals surface area contributed by atoms with Crippen LogP contribution in [0.1, 0.15) is 25.3 Å². The Morgan fingerprint density at radius 1 is 1.40 bits per heavy atom. The number of rotatable bonds is 6. The Hall–Kier alpha value is -0.420. The average Bonchev–Trinajstić information content (AvgIpc) is 2.40. The Morgan fingerprint density at radius 3 is 2.80 bits per heavy atom. The number of halogens is 1. The topological polar surface area (TPSA) is 35.5 Å². The standard InChI is InChI=1S/C16H25BrN2O/c1-13(20)12-19-7-5-14(6-8-19)10-18-11-15-3-2-4-16(17)9-15/h2-4,9,13-14,18,20H,5-8,10-12H2,1H3/t13-/m0/s1. The predicted octanol–water partition coefficient (Wildman–Crippen LogP) is 2.63. The van der Waals surface area contributed by atoms with Crippen molar-refractivity contribution in [2.45, 2.75) is 32.4 Å². The maximum Gasteiger partial charge on any atom is 0.0639 e. The molecule has 1 aromatic rings. The van der Waals surface area contributed by atoms with E-state index in [4.69, 9.17) is 0 Å². The van der Waals surface area contributed by atoms with Gasteiger partial charge in [-0.15, -0.1) is 0 Å². The minimum atomic E-state index is -0.207. The Balaban J connectivity index is 1.64. The van der Waals surface area contributed by atoms with Crippen LogP contribution in [0.3, 0.4) is 0 Å². The first-order valence-corrected chi connectivity index (χ1v) is 8.28. The second-order valence-electron chi connectivity index (χ2n) is 5.85. The highest BCUT2D eigenvalue weighted by atomic mass is 79.9. The molecule has 20 heavy (non-hydrogen) atoms. The molecule has 4 heteroatoms. The second-order valence-corrected chi connectivity index (χ2v) is 6.77. The van der Waals surface area contributed by atoms with Crippen molar-refractivity contribution in [3.8, 4) is 0 Å². The molecule has 0 aliphatic carbocycles. The Kier molecular flexibility index (Phi) is 6.49. The van der Waals surface area contributed by atoms with Crippen molar-refractivity contribution in [1.82, 2.24) is 10.2 Å². The van der Waals surface area contributed by atoms with Gasteiger partial charge in [0.1, 0.15) is 0 Å². The lowest BCUT2D eigenvalue weighted by atomic mass is 9.96. The lowest BCUT2D eigenvalue weighted by molar-refractivity contribution is 0.0998. The monoisotopic (exact) mass is 340 g/mol. The zero-order valence-corrected chi connectivity index (χ0v) is 13.8. The van der Waals surface area contributed by atoms with E-state index in [9.17, 15) is 5.11 Å². The number of nitrogens with zero attached hydrogens (tertiary/aromatic N) is 1. The van der Waals surface area contributed by atoms with Gasteiger partial charge >= 0.3 is 0 Å². The summed E-state index contributed by atoms with van der Waals surface area (Å²) in [6, 6.07) is 8.46. The van der Waals surface area contributed by atoms with E-state index in [0.717, 1.165) is 43.1 Å². The van der Waals surface area contributed by atoms with E-state index in [-0.39, 0.29) is 6.10 Å². The van der Waals surface area contributed by atoms with E-state index < -0.39 is 0 Å². The Labute approximate surface area is 130 Å². The van der Waals surface area contributed by atoms with Crippen molar-refractivity contribution in [3.05, 3.63) is 34.3 Å². The molecule has 1 aromatic carbocycles. The third-order valence-corrected chi connectivity index (χ3v) is 4.37. The zero-order chi connectivity index (χ0) is 14.4. The molecule has 112 valence electrons. The van der Waals surface area contributed by atoms with Crippen molar-refractivity contribution in [2.75, 3.05) is 26.2 Å². The van der Waals surface area contributed by atoms with Crippen molar-refractivity contribution in [3.63, 3.8) is 0 Å². The third-order valence-electron chi connectivity index (χ3n) is 3.88. The van der Waals surface area contributed by atoms with E-state index in [1.54, 1.807) is 0 Å². The number of hydrogen-bond acceptors (Lipinski definition) is 3. The normalized spacial score (nSPS) is 19.1. The van der Waals surface area contributed by atoms with Gasteiger partial charge in [0.25, 0.3) is 0 Å². The first-order valence-electron chi connectivity index (χ1n) is 7.49. The maximum atomic E-state index is 9.40. The third kappa shape index (κ3) is 5.52. The van der Waals surface area contributed by atoms with Crippen molar-refractivity contribution >= 4 is 15.9 Å². The smallest absolute Gasteiger partial charge is 0.0639 e. The molecule has 0 bridgehead atoms. The number of β-amino-alcohol motifs (C(OH)–C–C–N with tert-alkyl or cyclic N) is 1. The van der Waals surface area contributed by atoms with Crippen LogP contribution in [-0.2, 0) is 6.54 Å². The van der Waals surface area contributed by atoms with E-state index in [1.807, 2.05) is 6.92 Å². The van der Waals surface area contributed by atoms with E-state index in [2.05, 4.69) is 50.4 Å². The molecule has 1 saturated heterocycles. The van der Waals surface area contributed by atoms with Crippen LogP contribution in [0.2, 0.25) is 0 Å². The first kappa shape index (κ1) is 16.0. The van der Waals surface area contributed by atoms with Gasteiger partial charge in [-0.25, -0.2) is 0 Å². The molecule has 0 aromatic heterocycles. The van der Waals surface area contributed by atoms with Crippen LogP contribution in [0.15, 0.2) is 28.7 Å². The van der Waals surface area contributed by atoms with Crippen LogP contribution in [0, 0.1) is 5.92 Å². The Morgan fingerprint density at radius 2 is 2.15 bits per heavy atom. The summed E-state index contributed by atoms with van der Waals surface area (Å²) in [5.41, 5.74) is 1.32. The highest BCUT2D eigenvalue weighted by Gasteiger charge is 2.19. The van der Waals surface area contributed by atoms with Gasteiger partial charge in [0.2, 0.25) is 0 Å². The van der Waals surface area contributed by atoms with Crippen LogP contribution < -0.4 is 5.32 Å². The molecule has 3 nitrogen and oxygen atoms in total. The summed E-state index contributed by atoms with van der Waals surface area (Å²) < 4.78 is 1.14. The summed E-state index contributed by atoms with van der Waals surface area (Å²) in [5.74, 6) is 0.771. The minimum absolute atomic E-state index is 0.207. The summed E-state index contributed by atoms with van der Waals surface area (Å²) in [5, 5.41) is 13.0. The molecule has 1 aliphatic heterocycles. The quantitative estimate of drug-likeness (QED) is 0.835. The average molecular weight is 341 g/mol. The molecule has 2 rings (SSSR count). The largest absolute Gasteiger partial charge is 0.392 e. The van der Waals surface area contributed by atoms with Crippen molar-refractivity contribution in [2.24, 2.45) is 5.92 Å². The lowest BCUT2D eigenvalue weighted by Crippen LogP contribution is -2.40. The van der Waals surface area contributed by atoms with Gasteiger partial charge in [0.05, 0.1) is 6.10 Å². The summed E-state index contributed by atoms with van der Waals surface area (Å²) in [6.45, 7) is 6.95. The second kappa shape index (κ2) is 8.13. The van der Waals surface area contributed by atoms with Gasteiger partial charge in [-0.1, -0.05) is 28.1 Å². The molecular formula is C16H25BrN2O. The van der Waals surface area contributed by atoms with Crippen LogP contribution in [0.25, 0.3) is 0 Å². The van der Waals surface area contributed by atoms with Crippen LogP contribution in [0.5, 0.6) is 0 Å². The highest BCUT2D eigenvalue weighted by molar-refractivity contribution is 9.10. The summed E-state index contributed by atoms with van der Waals surface area (Å²) in [7, 11) is 0. The summed E-state index contributed by atoms with van der Waals surface area (Å²) >= 11 is 3.50. The van der Waals surface area contributed by atoms with Crippen molar-refractivity contribution in [1.29, 1.82) is 0 Å². The maximum absolute atomic E-state index is 9.40. The number of hydrogen-bond donors (Lipinski definition) is 2. The van der Waals surface area contributed by atoms with Crippen LogP contribution >= 0.6 is 15.9 Å². The molecule has 0 unspecified atom stereocenters. The highest BCUT2D eigenvalue weighted by Crippen LogP contribution is 2.17. The molecule has 1 heterocycles. The van der Waals surface area contributed by atoms with Crippen LogP contribution in [0.4, 0.5) is 0 Å². The van der Waals surface area contributed by atoms with Crippen molar-refractivity contribution < 1.29 is 5.11 Å². The number of aliphatic hydroxyl groups is 1. The molecule has 1 atom stereocenters. The zero-order valence-electron chi connectivity index (χ0n) is 12.2.